The Morgan fingerprint density at radius 1 is 1.32 bits per heavy atom. The fourth-order valence-corrected chi connectivity index (χ4v) is 2.57. The van der Waals surface area contributed by atoms with E-state index >= 15 is 0 Å². The number of hydrogen-bond acceptors (Lipinski definition) is 3. The van der Waals surface area contributed by atoms with E-state index in [9.17, 15) is 9.59 Å². The standard InChI is InChI=1S/C13H20N4O2/c1-8-11(9(2)16-15-8)13(19)17-6-4-10(5-7-17)12(18)14-3/h10H,4-7H2,1-3H3,(H,14,18)(H,15,16). The lowest BCUT2D eigenvalue weighted by Gasteiger charge is -2.31. The predicted octanol–water partition coefficient (Wildman–Crippen LogP) is 0.625. The number of rotatable bonds is 2. The number of carbonyl (C=O) groups excluding carboxylic acids is 2. The summed E-state index contributed by atoms with van der Waals surface area (Å²) in [5.74, 6) is 0.113. The van der Waals surface area contributed by atoms with Crippen LogP contribution in [0.5, 0.6) is 0 Å². The van der Waals surface area contributed by atoms with Gasteiger partial charge in [-0.15, -0.1) is 0 Å². The first-order valence-corrected chi connectivity index (χ1v) is 6.57. The molecule has 0 spiro atoms. The number of nitrogens with one attached hydrogen (secondary N) is 2. The first kappa shape index (κ1) is 13.6. The number of hydrogen-bond donors (Lipinski definition) is 2. The van der Waals surface area contributed by atoms with Crippen molar-refractivity contribution in [3.05, 3.63) is 17.0 Å². The van der Waals surface area contributed by atoms with E-state index in [0.717, 1.165) is 24.2 Å². The zero-order valence-electron chi connectivity index (χ0n) is 11.6. The Kier molecular flexibility index (Phi) is 3.87. The Balaban J connectivity index is 2.02. The van der Waals surface area contributed by atoms with Crippen molar-refractivity contribution in [3.63, 3.8) is 0 Å². The van der Waals surface area contributed by atoms with E-state index in [1.54, 1.807) is 7.05 Å². The molecular formula is C13H20N4O2. The van der Waals surface area contributed by atoms with Crippen molar-refractivity contribution in [2.75, 3.05) is 20.1 Å². The van der Waals surface area contributed by atoms with Crippen molar-refractivity contribution < 1.29 is 9.59 Å². The minimum atomic E-state index is 0.0131. The lowest BCUT2D eigenvalue weighted by Crippen LogP contribution is -2.42. The van der Waals surface area contributed by atoms with Crippen LogP contribution in [0.2, 0.25) is 0 Å². The summed E-state index contributed by atoms with van der Waals surface area (Å²) in [7, 11) is 1.65. The summed E-state index contributed by atoms with van der Waals surface area (Å²) in [4.78, 5) is 25.8. The molecule has 19 heavy (non-hydrogen) atoms. The summed E-state index contributed by atoms with van der Waals surface area (Å²) >= 11 is 0. The average Bonchev–Trinajstić information content (AvgIpc) is 2.77. The van der Waals surface area contributed by atoms with E-state index in [2.05, 4.69) is 15.5 Å². The second-order valence-electron chi connectivity index (χ2n) is 4.99. The van der Waals surface area contributed by atoms with Gasteiger partial charge in [-0.1, -0.05) is 0 Å². The van der Waals surface area contributed by atoms with Crippen LogP contribution in [0, 0.1) is 19.8 Å². The molecule has 6 heteroatoms. The van der Waals surface area contributed by atoms with Crippen molar-refractivity contribution >= 4 is 11.8 Å². The molecule has 1 aromatic heterocycles. The normalized spacial score (nSPS) is 16.5. The molecule has 0 atom stereocenters. The van der Waals surface area contributed by atoms with Gasteiger partial charge in [-0.25, -0.2) is 0 Å². The van der Waals surface area contributed by atoms with Crippen LogP contribution in [0.4, 0.5) is 0 Å². The Morgan fingerprint density at radius 2 is 1.95 bits per heavy atom. The maximum Gasteiger partial charge on any atom is 0.257 e. The molecule has 0 radical (unpaired) electrons. The number of aryl methyl sites for hydroxylation is 2. The largest absolute Gasteiger partial charge is 0.359 e. The number of aromatic nitrogens is 2. The minimum absolute atomic E-state index is 0.0131. The van der Waals surface area contributed by atoms with Crippen LogP contribution >= 0.6 is 0 Å². The Hall–Kier alpha value is -1.85. The molecule has 0 unspecified atom stereocenters. The van der Waals surface area contributed by atoms with Gasteiger partial charge in [0.1, 0.15) is 0 Å². The highest BCUT2D eigenvalue weighted by Crippen LogP contribution is 2.21. The molecule has 6 nitrogen and oxygen atoms in total. The summed E-state index contributed by atoms with van der Waals surface area (Å²) in [6.45, 7) is 4.93. The number of H-pyrrole nitrogens is 1. The van der Waals surface area contributed by atoms with Gasteiger partial charge in [-0.2, -0.15) is 5.10 Å². The van der Waals surface area contributed by atoms with Crippen molar-refractivity contribution in [1.29, 1.82) is 0 Å². The molecule has 0 bridgehead atoms. The summed E-state index contributed by atoms with van der Waals surface area (Å²) in [6, 6.07) is 0. The summed E-state index contributed by atoms with van der Waals surface area (Å²) in [5, 5.41) is 9.55. The average molecular weight is 264 g/mol. The molecule has 1 aliphatic rings. The molecule has 2 N–H and O–H groups in total. The number of piperidine rings is 1. The molecular weight excluding hydrogens is 244 g/mol. The lowest BCUT2D eigenvalue weighted by molar-refractivity contribution is -0.125. The number of carbonyl (C=O) groups is 2. The molecule has 0 aromatic carbocycles. The van der Waals surface area contributed by atoms with E-state index in [0.29, 0.717) is 18.7 Å². The quantitative estimate of drug-likeness (QED) is 0.822. The topological polar surface area (TPSA) is 78.1 Å². The SMILES string of the molecule is CNC(=O)C1CCN(C(=O)c2c(C)n[nH]c2C)CC1. The Morgan fingerprint density at radius 3 is 2.42 bits per heavy atom. The van der Waals surface area contributed by atoms with E-state index in [4.69, 9.17) is 0 Å². The zero-order chi connectivity index (χ0) is 14.0. The van der Waals surface area contributed by atoms with Crippen LogP contribution in [0.15, 0.2) is 0 Å². The van der Waals surface area contributed by atoms with Gasteiger partial charge in [-0.05, 0) is 26.7 Å². The van der Waals surface area contributed by atoms with Crippen molar-refractivity contribution in [2.24, 2.45) is 5.92 Å². The van der Waals surface area contributed by atoms with Crippen LogP contribution in [0.1, 0.15) is 34.6 Å². The van der Waals surface area contributed by atoms with Gasteiger partial charge in [-0.3, -0.25) is 14.7 Å². The molecule has 1 fully saturated rings. The summed E-state index contributed by atoms with van der Waals surface area (Å²) in [5.41, 5.74) is 2.20. The van der Waals surface area contributed by atoms with Gasteiger partial charge in [0, 0.05) is 31.7 Å². The highest BCUT2D eigenvalue weighted by atomic mass is 16.2. The summed E-state index contributed by atoms with van der Waals surface area (Å²) in [6.07, 6.45) is 1.45. The molecule has 2 heterocycles. The van der Waals surface area contributed by atoms with Crippen LogP contribution < -0.4 is 5.32 Å². The third-order valence-electron chi connectivity index (χ3n) is 3.74. The van der Waals surface area contributed by atoms with E-state index < -0.39 is 0 Å². The zero-order valence-corrected chi connectivity index (χ0v) is 11.6. The first-order valence-electron chi connectivity index (χ1n) is 6.57. The van der Waals surface area contributed by atoms with Gasteiger partial charge in [0.2, 0.25) is 5.91 Å². The molecule has 1 aromatic rings. The third-order valence-corrected chi connectivity index (χ3v) is 3.74. The number of aromatic amines is 1. The lowest BCUT2D eigenvalue weighted by atomic mass is 9.95. The second-order valence-corrected chi connectivity index (χ2v) is 4.99. The van der Waals surface area contributed by atoms with Gasteiger partial charge < -0.3 is 10.2 Å². The van der Waals surface area contributed by atoms with E-state index in [1.165, 1.54) is 0 Å². The highest BCUT2D eigenvalue weighted by molar-refractivity contribution is 5.96. The van der Waals surface area contributed by atoms with Gasteiger partial charge in [0.05, 0.1) is 11.3 Å². The van der Waals surface area contributed by atoms with E-state index in [-0.39, 0.29) is 17.7 Å². The fraction of sp³-hybridized carbons (Fsp3) is 0.615. The number of likely N-dealkylation sites (tertiary alicyclic amines) is 1. The minimum Gasteiger partial charge on any atom is -0.359 e. The van der Waals surface area contributed by atoms with Crippen LogP contribution in [0.3, 0.4) is 0 Å². The molecule has 2 amide bonds. The fourth-order valence-electron chi connectivity index (χ4n) is 2.57. The van der Waals surface area contributed by atoms with Gasteiger partial charge in [0.15, 0.2) is 0 Å². The maximum absolute atomic E-state index is 12.4. The Bertz CT molecular complexity index is 467. The van der Waals surface area contributed by atoms with E-state index in [1.807, 2.05) is 18.7 Å². The predicted molar refractivity (Wildman–Crippen MR) is 70.8 cm³/mol. The van der Waals surface area contributed by atoms with Crippen LogP contribution in [-0.4, -0.2) is 47.0 Å². The van der Waals surface area contributed by atoms with Crippen molar-refractivity contribution in [2.45, 2.75) is 26.7 Å². The van der Waals surface area contributed by atoms with Crippen LogP contribution in [0.25, 0.3) is 0 Å². The van der Waals surface area contributed by atoms with Gasteiger partial charge >= 0.3 is 0 Å². The van der Waals surface area contributed by atoms with Crippen LogP contribution in [-0.2, 0) is 4.79 Å². The maximum atomic E-state index is 12.4. The first-order chi connectivity index (χ1) is 9.04. The molecule has 1 saturated heterocycles. The summed E-state index contributed by atoms with van der Waals surface area (Å²) < 4.78 is 0. The number of amides is 2. The molecule has 0 aliphatic carbocycles. The molecule has 104 valence electrons. The second kappa shape index (κ2) is 5.42. The van der Waals surface area contributed by atoms with Crippen molar-refractivity contribution in [1.82, 2.24) is 20.4 Å². The molecule has 0 saturated carbocycles. The molecule has 1 aliphatic heterocycles. The smallest absolute Gasteiger partial charge is 0.257 e. The third kappa shape index (κ3) is 2.62. The van der Waals surface area contributed by atoms with Crippen molar-refractivity contribution in [3.8, 4) is 0 Å². The number of nitrogens with zero attached hydrogens (tertiary/aromatic N) is 2. The Labute approximate surface area is 112 Å². The van der Waals surface area contributed by atoms with Gasteiger partial charge in [0.25, 0.3) is 5.91 Å². The highest BCUT2D eigenvalue weighted by Gasteiger charge is 2.29. The monoisotopic (exact) mass is 264 g/mol. The molecule has 2 rings (SSSR count).